The van der Waals surface area contributed by atoms with E-state index in [-0.39, 0.29) is 11.5 Å². The van der Waals surface area contributed by atoms with Gasteiger partial charge in [-0.2, -0.15) is 0 Å². The summed E-state index contributed by atoms with van der Waals surface area (Å²) < 4.78 is 17.4. The van der Waals surface area contributed by atoms with E-state index in [9.17, 15) is 0 Å². The van der Waals surface area contributed by atoms with Crippen LogP contribution in [-0.4, -0.2) is 33.0 Å². The predicted octanol–water partition coefficient (Wildman–Crippen LogP) is 3.02. The molecule has 1 heterocycles. The molecule has 0 amide bonds. The van der Waals surface area contributed by atoms with Gasteiger partial charge in [0.1, 0.15) is 6.10 Å². The van der Waals surface area contributed by atoms with Gasteiger partial charge < -0.3 is 19.9 Å². The molecule has 0 aromatic heterocycles. The molecule has 2 aliphatic rings. The molecule has 4 nitrogen and oxygen atoms in total. The summed E-state index contributed by atoms with van der Waals surface area (Å²) in [4.78, 5) is 0. The average Bonchev–Trinajstić information content (AvgIpc) is 3.06. The fourth-order valence-electron chi connectivity index (χ4n) is 3.81. The van der Waals surface area contributed by atoms with E-state index < -0.39 is 0 Å². The molecule has 1 aliphatic carbocycles. The normalized spacial score (nSPS) is 21.7. The zero-order chi connectivity index (χ0) is 15.4. The van der Waals surface area contributed by atoms with Crippen LogP contribution in [0.4, 0.5) is 0 Å². The highest BCUT2D eigenvalue weighted by molar-refractivity contribution is 5.51. The zero-order valence-electron chi connectivity index (χ0n) is 13.5. The van der Waals surface area contributed by atoms with Crippen molar-refractivity contribution in [3.05, 3.63) is 23.8 Å². The second-order valence-electron chi connectivity index (χ2n) is 6.46. The molecule has 2 fully saturated rings. The first-order chi connectivity index (χ1) is 10.8. The van der Waals surface area contributed by atoms with Crippen molar-refractivity contribution in [3.8, 4) is 11.5 Å². The summed E-state index contributed by atoms with van der Waals surface area (Å²) in [7, 11) is 1.71. The molecule has 4 heteroatoms. The summed E-state index contributed by atoms with van der Waals surface area (Å²) in [6.45, 7) is 2.22. The molecular formula is C18H27NO3. The first-order valence-electron chi connectivity index (χ1n) is 8.41. The summed E-state index contributed by atoms with van der Waals surface area (Å²) in [6, 6.07) is 6.22. The van der Waals surface area contributed by atoms with Gasteiger partial charge >= 0.3 is 0 Å². The molecule has 1 saturated heterocycles. The van der Waals surface area contributed by atoms with Crippen LogP contribution in [-0.2, 0) is 10.2 Å². The molecule has 1 aromatic rings. The monoisotopic (exact) mass is 305 g/mol. The predicted molar refractivity (Wildman–Crippen MR) is 86.7 cm³/mol. The van der Waals surface area contributed by atoms with Crippen molar-refractivity contribution in [1.82, 2.24) is 0 Å². The van der Waals surface area contributed by atoms with Gasteiger partial charge in [-0.05, 0) is 18.9 Å². The maximum atomic E-state index is 6.39. The van der Waals surface area contributed by atoms with E-state index in [1.54, 1.807) is 7.11 Å². The number of para-hydroxylation sites is 1. The third kappa shape index (κ3) is 2.95. The van der Waals surface area contributed by atoms with Crippen LogP contribution in [0.5, 0.6) is 11.5 Å². The Morgan fingerprint density at radius 2 is 1.95 bits per heavy atom. The largest absolute Gasteiger partial charge is 0.493 e. The van der Waals surface area contributed by atoms with Crippen LogP contribution in [0.25, 0.3) is 0 Å². The summed E-state index contributed by atoms with van der Waals surface area (Å²) in [5.74, 6) is 1.73. The smallest absolute Gasteiger partial charge is 0.165 e. The van der Waals surface area contributed by atoms with Crippen molar-refractivity contribution in [2.75, 3.05) is 26.9 Å². The first kappa shape index (κ1) is 15.6. The van der Waals surface area contributed by atoms with Crippen molar-refractivity contribution < 1.29 is 14.2 Å². The number of hydrogen-bond acceptors (Lipinski definition) is 4. The molecular weight excluding hydrogens is 278 g/mol. The van der Waals surface area contributed by atoms with Crippen molar-refractivity contribution in [1.29, 1.82) is 0 Å². The molecule has 0 radical (unpaired) electrons. The molecule has 1 aromatic carbocycles. The highest BCUT2D eigenvalue weighted by atomic mass is 16.5. The second kappa shape index (κ2) is 6.88. The lowest BCUT2D eigenvalue weighted by Gasteiger charge is -2.32. The Hall–Kier alpha value is -1.26. The van der Waals surface area contributed by atoms with E-state index in [4.69, 9.17) is 19.9 Å². The molecule has 0 spiro atoms. The summed E-state index contributed by atoms with van der Waals surface area (Å²) in [5.41, 5.74) is 7.46. The second-order valence-corrected chi connectivity index (χ2v) is 6.46. The van der Waals surface area contributed by atoms with E-state index in [0.717, 1.165) is 50.4 Å². The fraction of sp³-hybridized carbons (Fsp3) is 0.667. The fourth-order valence-corrected chi connectivity index (χ4v) is 3.81. The quantitative estimate of drug-likeness (QED) is 0.908. The maximum Gasteiger partial charge on any atom is 0.165 e. The van der Waals surface area contributed by atoms with E-state index in [1.165, 1.54) is 18.4 Å². The molecule has 3 rings (SSSR count). The minimum absolute atomic E-state index is 0.0506. The van der Waals surface area contributed by atoms with Crippen LogP contribution < -0.4 is 15.2 Å². The third-order valence-electron chi connectivity index (χ3n) is 5.17. The lowest BCUT2D eigenvalue weighted by molar-refractivity contribution is 0.0236. The summed E-state index contributed by atoms with van der Waals surface area (Å²) in [6.07, 6.45) is 6.85. The molecule has 22 heavy (non-hydrogen) atoms. The lowest BCUT2D eigenvalue weighted by Crippen LogP contribution is -2.34. The Kier molecular flexibility index (Phi) is 4.89. The van der Waals surface area contributed by atoms with Crippen LogP contribution in [0, 0.1) is 0 Å². The number of nitrogens with two attached hydrogens (primary N) is 1. The van der Waals surface area contributed by atoms with Gasteiger partial charge in [0.05, 0.1) is 20.3 Å². The van der Waals surface area contributed by atoms with Gasteiger partial charge in [-0.1, -0.05) is 25.0 Å². The lowest BCUT2D eigenvalue weighted by atomic mass is 9.78. The highest BCUT2D eigenvalue weighted by Gasteiger charge is 2.38. The zero-order valence-corrected chi connectivity index (χ0v) is 13.5. The number of benzene rings is 1. The van der Waals surface area contributed by atoms with Crippen molar-refractivity contribution in [2.45, 2.75) is 50.0 Å². The topological polar surface area (TPSA) is 53.7 Å². The van der Waals surface area contributed by atoms with Crippen LogP contribution >= 0.6 is 0 Å². The molecule has 0 bridgehead atoms. The Balaban J connectivity index is 1.94. The number of ether oxygens (including phenoxy) is 3. The molecule has 122 valence electrons. The van der Waals surface area contributed by atoms with Crippen molar-refractivity contribution >= 4 is 0 Å². The van der Waals surface area contributed by atoms with Gasteiger partial charge in [0.15, 0.2) is 11.5 Å². The minimum atomic E-state index is 0.0506. The average molecular weight is 305 g/mol. The van der Waals surface area contributed by atoms with E-state index in [0.29, 0.717) is 6.54 Å². The number of methoxy groups -OCH3 is 1. The van der Waals surface area contributed by atoms with Crippen molar-refractivity contribution in [2.24, 2.45) is 5.73 Å². The first-order valence-corrected chi connectivity index (χ1v) is 8.41. The molecule has 1 saturated carbocycles. The van der Waals surface area contributed by atoms with Crippen LogP contribution in [0.1, 0.15) is 44.1 Å². The van der Waals surface area contributed by atoms with E-state index in [1.807, 2.05) is 6.07 Å². The van der Waals surface area contributed by atoms with Gasteiger partial charge in [0, 0.05) is 30.4 Å². The van der Waals surface area contributed by atoms with E-state index >= 15 is 0 Å². The Labute approximate surface area is 132 Å². The number of rotatable bonds is 5. The molecule has 1 aliphatic heterocycles. The van der Waals surface area contributed by atoms with Crippen LogP contribution in [0.2, 0.25) is 0 Å². The van der Waals surface area contributed by atoms with Crippen LogP contribution in [0.15, 0.2) is 18.2 Å². The van der Waals surface area contributed by atoms with Crippen molar-refractivity contribution in [3.63, 3.8) is 0 Å². The highest BCUT2D eigenvalue weighted by Crippen LogP contribution is 2.47. The SMILES string of the molecule is COc1cccc(C2(CN)CCCC2)c1OC1CCOCC1. The van der Waals surface area contributed by atoms with Gasteiger partial charge in [-0.3, -0.25) is 0 Å². The van der Waals surface area contributed by atoms with Gasteiger partial charge in [-0.25, -0.2) is 0 Å². The summed E-state index contributed by atoms with van der Waals surface area (Å²) in [5, 5.41) is 0. The Morgan fingerprint density at radius 3 is 2.59 bits per heavy atom. The van der Waals surface area contributed by atoms with Gasteiger partial charge in [-0.15, -0.1) is 0 Å². The molecule has 2 N–H and O–H groups in total. The third-order valence-corrected chi connectivity index (χ3v) is 5.17. The summed E-state index contributed by atoms with van der Waals surface area (Å²) >= 11 is 0. The minimum Gasteiger partial charge on any atom is -0.493 e. The van der Waals surface area contributed by atoms with Gasteiger partial charge in [0.2, 0.25) is 0 Å². The molecule has 0 atom stereocenters. The standard InChI is InChI=1S/C18H27NO3/c1-20-16-6-4-5-15(18(13-19)9-2-3-10-18)17(16)22-14-7-11-21-12-8-14/h4-6,14H,2-3,7-13,19H2,1H3. The molecule has 0 unspecified atom stereocenters. The van der Waals surface area contributed by atoms with E-state index in [2.05, 4.69) is 12.1 Å². The Bertz CT molecular complexity index is 491. The maximum absolute atomic E-state index is 6.39. The van der Waals surface area contributed by atoms with Gasteiger partial charge in [0.25, 0.3) is 0 Å². The number of hydrogen-bond donors (Lipinski definition) is 1. The Morgan fingerprint density at radius 1 is 1.23 bits per heavy atom. The van der Waals surface area contributed by atoms with Crippen LogP contribution in [0.3, 0.4) is 0 Å².